The summed E-state index contributed by atoms with van der Waals surface area (Å²) in [5.74, 6) is -0.867. The van der Waals surface area contributed by atoms with Gasteiger partial charge in [-0.15, -0.1) is 0 Å². The Labute approximate surface area is 194 Å². The van der Waals surface area contributed by atoms with Gasteiger partial charge in [-0.1, -0.05) is 6.92 Å². The molecule has 0 aromatic rings. The second-order valence-corrected chi connectivity index (χ2v) is 10.5. The van der Waals surface area contributed by atoms with E-state index < -0.39 is 28.9 Å². The molecule has 2 aliphatic heterocycles. The second kappa shape index (κ2) is 7.53. The van der Waals surface area contributed by atoms with E-state index in [2.05, 4.69) is 4.90 Å². The van der Waals surface area contributed by atoms with E-state index in [9.17, 15) is 14.4 Å². The summed E-state index contributed by atoms with van der Waals surface area (Å²) >= 11 is 0. The molecule has 8 nitrogen and oxygen atoms in total. The van der Waals surface area contributed by atoms with Crippen LogP contribution in [0.15, 0.2) is 34.2 Å². The van der Waals surface area contributed by atoms with Gasteiger partial charge >= 0.3 is 5.97 Å². The SMILES string of the molecule is COC[C@H]1OC(=O)/C(=C/N2CCCC2)C2=C(N)C(=O)C3=C([C@H](N)C[C@]4(C)C(=O)CC[C@@H]34)[C@]21C. The Morgan fingerprint density at radius 2 is 1.91 bits per heavy atom. The van der Waals surface area contributed by atoms with Crippen LogP contribution < -0.4 is 11.5 Å². The molecule has 0 unspecified atom stereocenters. The zero-order valence-electron chi connectivity index (χ0n) is 19.6. The summed E-state index contributed by atoms with van der Waals surface area (Å²) in [7, 11) is 1.55. The van der Waals surface area contributed by atoms with Crippen LogP contribution in [-0.4, -0.2) is 61.4 Å². The van der Waals surface area contributed by atoms with Crippen LogP contribution in [0.25, 0.3) is 0 Å². The number of esters is 1. The van der Waals surface area contributed by atoms with E-state index in [4.69, 9.17) is 20.9 Å². The molecule has 5 aliphatic rings. The lowest BCUT2D eigenvalue weighted by Gasteiger charge is -2.53. The first-order valence-electron chi connectivity index (χ1n) is 11.9. The van der Waals surface area contributed by atoms with Crippen molar-refractivity contribution in [2.45, 2.75) is 58.1 Å². The highest BCUT2D eigenvalue weighted by atomic mass is 16.6. The molecule has 0 spiro atoms. The van der Waals surface area contributed by atoms with Gasteiger partial charge in [-0.2, -0.15) is 0 Å². The number of carbonyl (C=O) groups excluding carboxylic acids is 3. The fourth-order valence-corrected chi connectivity index (χ4v) is 7.05. The summed E-state index contributed by atoms with van der Waals surface area (Å²) in [5.41, 5.74) is 14.0. The smallest absolute Gasteiger partial charge is 0.340 e. The number of nitrogens with zero attached hydrogens (tertiary/aromatic N) is 1. The van der Waals surface area contributed by atoms with Crippen molar-refractivity contribution < 1.29 is 23.9 Å². The molecule has 0 amide bonds. The topological polar surface area (TPSA) is 125 Å². The molecule has 0 radical (unpaired) electrons. The van der Waals surface area contributed by atoms with Crippen molar-refractivity contribution in [1.82, 2.24) is 4.90 Å². The van der Waals surface area contributed by atoms with Crippen molar-refractivity contribution in [1.29, 1.82) is 0 Å². The van der Waals surface area contributed by atoms with Gasteiger partial charge in [0.1, 0.15) is 11.9 Å². The summed E-state index contributed by atoms with van der Waals surface area (Å²) in [4.78, 5) is 41.9. The third-order valence-corrected chi connectivity index (χ3v) is 8.71. The molecule has 5 rings (SSSR count). The van der Waals surface area contributed by atoms with Crippen LogP contribution in [-0.2, 0) is 23.9 Å². The van der Waals surface area contributed by atoms with Gasteiger partial charge in [-0.05, 0) is 38.2 Å². The maximum atomic E-state index is 13.8. The number of ketones is 2. The number of nitrogens with two attached hydrogens (primary N) is 2. The van der Waals surface area contributed by atoms with Crippen molar-refractivity contribution in [2.24, 2.45) is 28.2 Å². The van der Waals surface area contributed by atoms with Crippen LogP contribution in [0.4, 0.5) is 0 Å². The van der Waals surface area contributed by atoms with E-state index in [0.717, 1.165) is 31.5 Å². The van der Waals surface area contributed by atoms with Crippen LogP contribution >= 0.6 is 0 Å². The van der Waals surface area contributed by atoms with Crippen LogP contribution in [0.2, 0.25) is 0 Å². The predicted octanol–water partition coefficient (Wildman–Crippen LogP) is 1.35. The summed E-state index contributed by atoms with van der Waals surface area (Å²) in [6.07, 6.45) is 4.72. The number of rotatable bonds is 3. The molecule has 2 saturated heterocycles. The van der Waals surface area contributed by atoms with E-state index >= 15 is 0 Å². The van der Waals surface area contributed by atoms with Gasteiger partial charge in [0, 0.05) is 61.3 Å². The van der Waals surface area contributed by atoms with Crippen LogP contribution in [0.3, 0.4) is 0 Å². The highest BCUT2D eigenvalue weighted by Crippen LogP contribution is 2.61. The fourth-order valence-electron chi connectivity index (χ4n) is 7.05. The molecule has 1 saturated carbocycles. The Bertz CT molecular complexity index is 1040. The molecule has 5 atom stereocenters. The molecule has 0 aromatic heterocycles. The first-order chi connectivity index (χ1) is 15.6. The normalized spacial score (nSPS) is 39.8. The van der Waals surface area contributed by atoms with Gasteiger partial charge in [0.25, 0.3) is 0 Å². The van der Waals surface area contributed by atoms with E-state index in [1.54, 1.807) is 13.3 Å². The molecule has 8 heteroatoms. The number of ether oxygens (including phenoxy) is 2. The minimum atomic E-state index is -0.908. The number of allylic oxidation sites excluding steroid dienone is 1. The van der Waals surface area contributed by atoms with Gasteiger partial charge in [0.2, 0.25) is 5.78 Å². The lowest BCUT2D eigenvalue weighted by Crippen LogP contribution is -2.58. The maximum Gasteiger partial charge on any atom is 0.340 e. The van der Waals surface area contributed by atoms with Gasteiger partial charge in [0.05, 0.1) is 23.3 Å². The van der Waals surface area contributed by atoms with E-state index in [1.165, 1.54) is 0 Å². The first kappa shape index (κ1) is 22.3. The number of hydrogen-bond donors (Lipinski definition) is 2. The summed E-state index contributed by atoms with van der Waals surface area (Å²) < 4.78 is 11.4. The Hall–Kier alpha value is -2.45. The Kier molecular flexibility index (Phi) is 5.10. The quantitative estimate of drug-likeness (QED) is 0.483. The Balaban J connectivity index is 1.74. The zero-order chi connectivity index (χ0) is 23.7. The second-order valence-electron chi connectivity index (χ2n) is 10.5. The minimum Gasteiger partial charge on any atom is -0.455 e. The maximum absolute atomic E-state index is 13.8. The number of cyclic esters (lactones) is 1. The highest BCUT2D eigenvalue weighted by molar-refractivity contribution is 6.14. The average Bonchev–Trinajstić information content (AvgIpc) is 3.37. The third kappa shape index (κ3) is 2.93. The van der Waals surface area contributed by atoms with Crippen molar-refractivity contribution in [3.8, 4) is 0 Å². The number of hydrogen-bond acceptors (Lipinski definition) is 8. The largest absolute Gasteiger partial charge is 0.455 e. The lowest BCUT2D eigenvalue weighted by molar-refractivity contribution is -0.156. The van der Waals surface area contributed by atoms with Gasteiger partial charge in [0.15, 0.2) is 0 Å². The Morgan fingerprint density at radius 3 is 2.58 bits per heavy atom. The molecular formula is C25H33N3O5. The number of carbonyl (C=O) groups is 3. The summed E-state index contributed by atoms with van der Waals surface area (Å²) in [6, 6.07) is -0.524. The predicted molar refractivity (Wildman–Crippen MR) is 120 cm³/mol. The third-order valence-electron chi connectivity index (χ3n) is 8.71. The van der Waals surface area contributed by atoms with E-state index in [1.807, 2.05) is 13.8 Å². The summed E-state index contributed by atoms with van der Waals surface area (Å²) in [6.45, 7) is 5.71. The fraction of sp³-hybridized carbons (Fsp3) is 0.640. The first-order valence-corrected chi connectivity index (χ1v) is 11.9. The number of fused-ring (bicyclic) bond motifs is 4. The molecular weight excluding hydrogens is 422 g/mol. The minimum absolute atomic E-state index is 0.0650. The molecule has 33 heavy (non-hydrogen) atoms. The van der Waals surface area contributed by atoms with Crippen molar-refractivity contribution in [3.05, 3.63) is 34.2 Å². The van der Waals surface area contributed by atoms with E-state index in [0.29, 0.717) is 36.0 Å². The summed E-state index contributed by atoms with van der Waals surface area (Å²) in [5, 5.41) is 0. The highest BCUT2D eigenvalue weighted by Gasteiger charge is 2.62. The zero-order valence-corrected chi connectivity index (χ0v) is 19.6. The molecule has 3 fully saturated rings. The van der Waals surface area contributed by atoms with Crippen molar-refractivity contribution >= 4 is 17.5 Å². The average molecular weight is 456 g/mol. The Morgan fingerprint density at radius 1 is 1.21 bits per heavy atom. The number of Topliss-reactive ketones (excluding diaryl/α,β-unsaturated/α-hetero) is 2. The molecule has 178 valence electrons. The van der Waals surface area contributed by atoms with Gasteiger partial charge < -0.3 is 25.8 Å². The van der Waals surface area contributed by atoms with Gasteiger partial charge in [-0.3, -0.25) is 9.59 Å². The molecule has 3 aliphatic carbocycles. The molecule has 0 bridgehead atoms. The van der Waals surface area contributed by atoms with Crippen LogP contribution in [0.5, 0.6) is 0 Å². The molecule has 2 heterocycles. The number of methoxy groups -OCH3 is 1. The van der Waals surface area contributed by atoms with Crippen LogP contribution in [0, 0.1) is 16.7 Å². The van der Waals surface area contributed by atoms with E-state index in [-0.39, 0.29) is 29.8 Å². The van der Waals surface area contributed by atoms with Gasteiger partial charge in [-0.25, -0.2) is 4.79 Å². The lowest BCUT2D eigenvalue weighted by atomic mass is 9.53. The van der Waals surface area contributed by atoms with Crippen LogP contribution in [0.1, 0.15) is 46.0 Å². The van der Waals surface area contributed by atoms with Crippen molar-refractivity contribution in [3.63, 3.8) is 0 Å². The standard InChI is InChI=1S/C25H33N3O5/c1-24-10-15(26)20-18(14(24)6-7-16(24)29)22(30)21(27)19-13(11-28-8-4-5-9-28)23(31)33-17(12-32-3)25(19,20)2/h11,14-15,17H,4-10,12,26-27H2,1-3H3/b13-11+/t14-,15+,17+,24-,25-/m0/s1. The molecule has 4 N–H and O–H groups in total. The monoisotopic (exact) mass is 455 g/mol. The number of likely N-dealkylation sites (tertiary alicyclic amines) is 1. The van der Waals surface area contributed by atoms with Crippen molar-refractivity contribution in [2.75, 3.05) is 26.8 Å². The molecule has 0 aromatic carbocycles.